The van der Waals surface area contributed by atoms with Crippen LogP contribution < -0.4 is 10.6 Å². The Morgan fingerprint density at radius 2 is 1.95 bits per heavy atom. The smallest absolute Gasteiger partial charge is 0.226 e. The van der Waals surface area contributed by atoms with Crippen molar-refractivity contribution in [3.8, 4) is 0 Å². The second-order valence-corrected chi connectivity index (χ2v) is 7.18. The molecule has 1 atom stereocenters. The highest BCUT2D eigenvalue weighted by molar-refractivity contribution is 5.83. The number of piperidine rings is 1. The van der Waals surface area contributed by atoms with Crippen molar-refractivity contribution in [1.82, 2.24) is 10.6 Å². The van der Waals surface area contributed by atoms with Gasteiger partial charge in [0.25, 0.3) is 0 Å². The molecule has 3 N–H and O–H groups in total. The van der Waals surface area contributed by atoms with Gasteiger partial charge in [-0.2, -0.15) is 0 Å². The molecule has 4 nitrogen and oxygen atoms in total. The highest BCUT2D eigenvalue weighted by Crippen LogP contribution is 2.35. The van der Waals surface area contributed by atoms with E-state index in [-0.39, 0.29) is 29.4 Å². The molecule has 1 fully saturated rings. The molecule has 0 aromatic heterocycles. The molecule has 1 rings (SSSR count). The predicted molar refractivity (Wildman–Crippen MR) is 82.5 cm³/mol. The number of aliphatic hydroxyl groups is 1. The number of nitrogens with one attached hydrogen (secondary N) is 2. The lowest BCUT2D eigenvalue weighted by Gasteiger charge is -2.40. The molecule has 0 aromatic rings. The molecule has 118 valence electrons. The predicted octanol–water partition coefficient (Wildman–Crippen LogP) is 2.07. The maximum atomic E-state index is 12.8. The molecule has 1 unspecified atom stereocenters. The van der Waals surface area contributed by atoms with Gasteiger partial charge in [0.2, 0.25) is 5.91 Å². The third kappa shape index (κ3) is 4.45. The largest absolute Gasteiger partial charge is 0.396 e. The van der Waals surface area contributed by atoms with Gasteiger partial charge in [-0.15, -0.1) is 0 Å². The molecule has 0 saturated carbocycles. The van der Waals surface area contributed by atoms with Crippen LogP contribution in [-0.4, -0.2) is 36.8 Å². The Bertz CT molecular complexity index is 299. The Hall–Kier alpha value is -0.610. The molecule has 1 aliphatic rings. The van der Waals surface area contributed by atoms with Crippen LogP contribution in [0, 0.1) is 10.8 Å². The fourth-order valence-electron chi connectivity index (χ4n) is 3.14. The van der Waals surface area contributed by atoms with Gasteiger partial charge in [0.1, 0.15) is 0 Å². The van der Waals surface area contributed by atoms with Crippen molar-refractivity contribution in [2.24, 2.45) is 10.8 Å². The SMILES string of the molecule is CCCC1(C(=O)NC(CCO)C(C)(C)C)CCNCC1. The molecule has 1 aliphatic heterocycles. The Labute approximate surface area is 123 Å². The van der Waals surface area contributed by atoms with Crippen molar-refractivity contribution in [3.05, 3.63) is 0 Å². The topological polar surface area (TPSA) is 61.4 Å². The van der Waals surface area contributed by atoms with Crippen LogP contribution in [0.25, 0.3) is 0 Å². The zero-order chi connectivity index (χ0) is 15.2. The van der Waals surface area contributed by atoms with Gasteiger partial charge in [0, 0.05) is 12.6 Å². The average Bonchev–Trinajstić information content (AvgIpc) is 2.38. The van der Waals surface area contributed by atoms with Gasteiger partial charge in [-0.05, 0) is 44.2 Å². The summed E-state index contributed by atoms with van der Waals surface area (Å²) in [5.41, 5.74) is -0.238. The Kier molecular flexibility index (Phi) is 6.46. The van der Waals surface area contributed by atoms with Gasteiger partial charge in [-0.1, -0.05) is 34.1 Å². The third-order valence-corrected chi connectivity index (χ3v) is 4.54. The van der Waals surface area contributed by atoms with Crippen molar-refractivity contribution in [1.29, 1.82) is 0 Å². The summed E-state index contributed by atoms with van der Waals surface area (Å²) in [6.45, 7) is 10.4. The maximum Gasteiger partial charge on any atom is 0.226 e. The van der Waals surface area contributed by atoms with E-state index < -0.39 is 0 Å². The van der Waals surface area contributed by atoms with Crippen molar-refractivity contribution in [2.45, 2.75) is 65.8 Å². The van der Waals surface area contributed by atoms with E-state index >= 15 is 0 Å². The first kappa shape index (κ1) is 17.4. The number of rotatable bonds is 6. The van der Waals surface area contributed by atoms with Crippen molar-refractivity contribution < 1.29 is 9.90 Å². The van der Waals surface area contributed by atoms with Gasteiger partial charge in [0.15, 0.2) is 0 Å². The minimum absolute atomic E-state index is 0.0291. The summed E-state index contributed by atoms with van der Waals surface area (Å²) in [7, 11) is 0. The van der Waals surface area contributed by atoms with Crippen molar-refractivity contribution >= 4 is 5.91 Å². The number of carbonyl (C=O) groups is 1. The van der Waals surface area contributed by atoms with Crippen LogP contribution in [0.15, 0.2) is 0 Å². The summed E-state index contributed by atoms with van der Waals surface area (Å²) in [5.74, 6) is 0.189. The van der Waals surface area contributed by atoms with E-state index in [9.17, 15) is 9.90 Å². The van der Waals surface area contributed by atoms with E-state index in [0.29, 0.717) is 6.42 Å². The molecular formula is C16H32N2O2. The summed E-state index contributed by atoms with van der Waals surface area (Å²) in [5, 5.41) is 15.8. The lowest BCUT2D eigenvalue weighted by molar-refractivity contribution is -0.134. The second kappa shape index (κ2) is 7.41. The van der Waals surface area contributed by atoms with Crippen molar-refractivity contribution in [2.75, 3.05) is 19.7 Å². The Balaban J connectivity index is 2.78. The van der Waals surface area contributed by atoms with Gasteiger partial charge in [-0.3, -0.25) is 4.79 Å². The number of carbonyl (C=O) groups excluding carboxylic acids is 1. The molecule has 0 aliphatic carbocycles. The van der Waals surface area contributed by atoms with E-state index in [1.807, 2.05) is 0 Å². The first-order valence-corrected chi connectivity index (χ1v) is 7.98. The minimum atomic E-state index is -0.209. The first-order valence-electron chi connectivity index (χ1n) is 7.98. The summed E-state index contributed by atoms with van der Waals surface area (Å²) >= 11 is 0. The molecule has 4 heteroatoms. The van der Waals surface area contributed by atoms with Crippen molar-refractivity contribution in [3.63, 3.8) is 0 Å². The minimum Gasteiger partial charge on any atom is -0.396 e. The summed E-state index contributed by atoms with van der Waals surface area (Å²) in [6.07, 6.45) is 4.45. The number of aliphatic hydroxyl groups excluding tert-OH is 1. The molecule has 0 spiro atoms. The summed E-state index contributed by atoms with van der Waals surface area (Å²) < 4.78 is 0. The molecular weight excluding hydrogens is 252 g/mol. The van der Waals surface area contributed by atoms with Crippen LogP contribution in [0.1, 0.15) is 59.8 Å². The fourth-order valence-corrected chi connectivity index (χ4v) is 3.14. The summed E-state index contributed by atoms with van der Waals surface area (Å²) in [6, 6.07) is 0.0311. The molecule has 1 heterocycles. The van der Waals surface area contributed by atoms with Crippen LogP contribution in [0.2, 0.25) is 0 Å². The number of amides is 1. The molecule has 0 aromatic carbocycles. The van der Waals surface area contributed by atoms with Gasteiger partial charge in [0.05, 0.1) is 5.41 Å². The lowest BCUT2D eigenvalue weighted by atomic mass is 9.73. The average molecular weight is 284 g/mol. The molecule has 0 radical (unpaired) electrons. The first-order chi connectivity index (χ1) is 9.35. The molecule has 0 bridgehead atoms. The fraction of sp³-hybridized carbons (Fsp3) is 0.938. The van der Waals surface area contributed by atoms with E-state index in [1.165, 1.54) is 0 Å². The standard InChI is InChI=1S/C16H32N2O2/c1-5-7-16(8-10-17-11-9-16)14(20)18-13(6-12-19)15(2,3)4/h13,17,19H,5-12H2,1-4H3,(H,18,20). The zero-order valence-electron chi connectivity index (χ0n) is 13.6. The maximum absolute atomic E-state index is 12.8. The lowest BCUT2D eigenvalue weighted by Crippen LogP contribution is -2.53. The second-order valence-electron chi connectivity index (χ2n) is 7.18. The van der Waals surface area contributed by atoms with Crippen LogP contribution in [0.5, 0.6) is 0 Å². The zero-order valence-corrected chi connectivity index (χ0v) is 13.6. The quantitative estimate of drug-likeness (QED) is 0.700. The number of hydrogen-bond acceptors (Lipinski definition) is 3. The van der Waals surface area contributed by atoms with E-state index in [1.54, 1.807) is 0 Å². The monoisotopic (exact) mass is 284 g/mol. The Morgan fingerprint density at radius 3 is 2.40 bits per heavy atom. The van der Waals surface area contributed by atoms with Crippen LogP contribution >= 0.6 is 0 Å². The van der Waals surface area contributed by atoms with E-state index in [4.69, 9.17) is 0 Å². The van der Waals surface area contributed by atoms with Crippen LogP contribution in [0.4, 0.5) is 0 Å². The van der Waals surface area contributed by atoms with Crippen LogP contribution in [0.3, 0.4) is 0 Å². The van der Waals surface area contributed by atoms with E-state index in [2.05, 4.69) is 38.3 Å². The van der Waals surface area contributed by atoms with Gasteiger partial charge in [-0.25, -0.2) is 0 Å². The highest BCUT2D eigenvalue weighted by atomic mass is 16.3. The molecule has 1 amide bonds. The normalized spacial score (nSPS) is 20.4. The molecule has 1 saturated heterocycles. The third-order valence-electron chi connectivity index (χ3n) is 4.54. The Morgan fingerprint density at radius 1 is 1.35 bits per heavy atom. The van der Waals surface area contributed by atoms with Crippen LogP contribution in [-0.2, 0) is 4.79 Å². The summed E-state index contributed by atoms with van der Waals surface area (Å²) in [4.78, 5) is 12.8. The highest BCUT2D eigenvalue weighted by Gasteiger charge is 2.40. The van der Waals surface area contributed by atoms with E-state index in [0.717, 1.165) is 38.8 Å². The molecule has 20 heavy (non-hydrogen) atoms. The van der Waals surface area contributed by atoms with Gasteiger partial charge >= 0.3 is 0 Å². The number of hydrogen-bond donors (Lipinski definition) is 3. The van der Waals surface area contributed by atoms with Gasteiger partial charge < -0.3 is 15.7 Å².